The fourth-order valence-electron chi connectivity index (χ4n) is 1.61. The van der Waals surface area contributed by atoms with Crippen LogP contribution < -0.4 is 22.9 Å². The minimum atomic E-state index is -0.933. The van der Waals surface area contributed by atoms with Gasteiger partial charge in [-0.2, -0.15) is 11.8 Å². The molecule has 168 valence electrons. The van der Waals surface area contributed by atoms with E-state index in [2.05, 4.69) is 0 Å². The summed E-state index contributed by atoms with van der Waals surface area (Å²) in [5.41, 5.74) is 20.8. The van der Waals surface area contributed by atoms with E-state index in [0.29, 0.717) is 31.7 Å². The van der Waals surface area contributed by atoms with Crippen LogP contribution in [0.1, 0.15) is 46.0 Å². The van der Waals surface area contributed by atoms with Gasteiger partial charge in [0.1, 0.15) is 18.1 Å². The zero-order valence-electron chi connectivity index (χ0n) is 17.0. The number of thioether (sulfide) groups is 1. The van der Waals surface area contributed by atoms with Crippen LogP contribution in [0.3, 0.4) is 0 Å². The number of unbranched alkanes of at least 4 members (excludes halogenated alkanes) is 1. The molecular formula is C17H38N4O6S. The van der Waals surface area contributed by atoms with E-state index in [1.807, 2.05) is 20.1 Å². The van der Waals surface area contributed by atoms with E-state index in [1.54, 1.807) is 11.8 Å². The number of carbonyl (C=O) groups is 3. The van der Waals surface area contributed by atoms with Crippen LogP contribution in [0.15, 0.2) is 0 Å². The van der Waals surface area contributed by atoms with Crippen LogP contribution in [0.5, 0.6) is 0 Å². The van der Waals surface area contributed by atoms with E-state index in [0.717, 1.165) is 18.6 Å². The summed E-state index contributed by atoms with van der Waals surface area (Å²) < 4.78 is 0. The smallest absolute Gasteiger partial charge is 0.320 e. The lowest BCUT2D eigenvalue weighted by molar-refractivity contribution is -0.139. The molecule has 0 bridgehead atoms. The summed E-state index contributed by atoms with van der Waals surface area (Å²) in [6.07, 6.45) is 5.19. The lowest BCUT2D eigenvalue weighted by atomic mass is 10.1. The quantitative estimate of drug-likeness (QED) is 0.208. The highest BCUT2D eigenvalue weighted by atomic mass is 32.2. The van der Waals surface area contributed by atoms with E-state index >= 15 is 0 Å². The summed E-state index contributed by atoms with van der Waals surface area (Å²) in [5.74, 6) is -1.59. The van der Waals surface area contributed by atoms with Crippen LogP contribution in [-0.2, 0) is 14.4 Å². The Morgan fingerprint density at radius 3 is 1.54 bits per heavy atom. The number of carboxylic acids is 3. The van der Waals surface area contributed by atoms with Crippen LogP contribution in [-0.4, -0.2) is 69.9 Å². The second-order valence-corrected chi connectivity index (χ2v) is 7.52. The maximum absolute atomic E-state index is 10.1. The average Bonchev–Trinajstić information content (AvgIpc) is 2.59. The third kappa shape index (κ3) is 24.6. The molecule has 0 aliphatic rings. The van der Waals surface area contributed by atoms with Gasteiger partial charge in [-0.15, -0.1) is 0 Å². The largest absolute Gasteiger partial charge is 0.480 e. The van der Waals surface area contributed by atoms with Gasteiger partial charge < -0.3 is 38.3 Å². The maximum Gasteiger partial charge on any atom is 0.320 e. The highest BCUT2D eigenvalue weighted by molar-refractivity contribution is 7.98. The standard InChI is InChI=1S/C6H14N2O2.C6H13NO2.C5H11NO2S/c7-4-2-1-3-5(8)6(9)10;1-4(2)3-5(7)6(8)9;1-9-3-2-4(6)5(7)8/h5H,1-4,7-8H2,(H,9,10);4-5H,3,7H2,1-2H3,(H,8,9);4H,2-3,6H2,1H3,(H,7,8)/t2*5-;4-/m000/s1. The first-order valence-corrected chi connectivity index (χ1v) is 10.4. The van der Waals surface area contributed by atoms with Gasteiger partial charge in [-0.25, -0.2) is 0 Å². The van der Waals surface area contributed by atoms with Crippen molar-refractivity contribution in [2.45, 2.75) is 64.1 Å². The van der Waals surface area contributed by atoms with Gasteiger partial charge in [0.15, 0.2) is 0 Å². The van der Waals surface area contributed by atoms with Crippen molar-refractivity contribution >= 4 is 29.7 Å². The van der Waals surface area contributed by atoms with Crippen LogP contribution in [0.2, 0.25) is 0 Å². The Labute approximate surface area is 171 Å². The summed E-state index contributed by atoms with van der Waals surface area (Å²) in [5, 5.41) is 24.9. The van der Waals surface area contributed by atoms with Crippen LogP contribution in [0, 0.1) is 5.92 Å². The first-order valence-electron chi connectivity index (χ1n) is 9.04. The monoisotopic (exact) mass is 426 g/mol. The number of nitrogens with two attached hydrogens (primary N) is 4. The predicted octanol–water partition coefficient (Wildman–Crippen LogP) is 0.123. The van der Waals surface area contributed by atoms with Crippen molar-refractivity contribution in [2.75, 3.05) is 18.6 Å². The fourth-order valence-corrected chi connectivity index (χ4v) is 2.10. The number of hydrogen-bond acceptors (Lipinski definition) is 8. The molecule has 10 nitrogen and oxygen atoms in total. The fraction of sp³-hybridized carbons (Fsp3) is 0.824. The molecule has 0 spiro atoms. The lowest BCUT2D eigenvalue weighted by Crippen LogP contribution is -2.31. The molecule has 11 N–H and O–H groups in total. The Morgan fingerprint density at radius 2 is 1.25 bits per heavy atom. The first kappa shape index (κ1) is 31.3. The lowest BCUT2D eigenvalue weighted by Gasteiger charge is -2.07. The molecule has 11 heteroatoms. The SMILES string of the molecule is CC(C)C[C@H](N)C(=O)O.CSCC[C@H](N)C(=O)O.NCCCC[C@H](N)C(=O)O. The van der Waals surface area contributed by atoms with E-state index in [-0.39, 0.29) is 0 Å². The summed E-state index contributed by atoms with van der Waals surface area (Å²) in [6, 6.07) is -2.09. The van der Waals surface area contributed by atoms with Crippen molar-refractivity contribution in [2.24, 2.45) is 28.9 Å². The minimum Gasteiger partial charge on any atom is -0.480 e. The molecule has 0 amide bonds. The average molecular weight is 427 g/mol. The van der Waals surface area contributed by atoms with E-state index in [9.17, 15) is 14.4 Å². The molecule has 0 saturated carbocycles. The molecule has 0 aliphatic carbocycles. The Morgan fingerprint density at radius 1 is 0.821 bits per heavy atom. The Balaban J connectivity index is -0.000000336. The van der Waals surface area contributed by atoms with Gasteiger partial charge in [0.05, 0.1) is 0 Å². The van der Waals surface area contributed by atoms with Gasteiger partial charge in [-0.3, -0.25) is 14.4 Å². The van der Waals surface area contributed by atoms with Crippen LogP contribution >= 0.6 is 11.8 Å². The topological polar surface area (TPSA) is 216 Å². The Bertz CT molecular complexity index is 426. The van der Waals surface area contributed by atoms with Crippen molar-refractivity contribution < 1.29 is 29.7 Å². The zero-order chi connectivity index (χ0) is 22.7. The van der Waals surface area contributed by atoms with Crippen LogP contribution in [0.4, 0.5) is 0 Å². The second-order valence-electron chi connectivity index (χ2n) is 6.53. The number of carboxylic acid groups (broad SMARTS) is 3. The molecule has 0 aromatic rings. The van der Waals surface area contributed by atoms with Gasteiger partial charge in [0.2, 0.25) is 0 Å². The van der Waals surface area contributed by atoms with Gasteiger partial charge in [-0.1, -0.05) is 20.3 Å². The summed E-state index contributed by atoms with van der Waals surface area (Å²) in [4.78, 5) is 30.3. The van der Waals surface area contributed by atoms with Gasteiger partial charge in [-0.05, 0) is 50.2 Å². The van der Waals surface area contributed by atoms with Gasteiger partial charge in [0.25, 0.3) is 0 Å². The van der Waals surface area contributed by atoms with Gasteiger partial charge >= 0.3 is 17.9 Å². The molecule has 0 radical (unpaired) electrons. The second kappa shape index (κ2) is 20.3. The number of hydrogen-bond donors (Lipinski definition) is 7. The normalized spacial score (nSPS) is 13.3. The van der Waals surface area contributed by atoms with Gasteiger partial charge in [0, 0.05) is 0 Å². The predicted molar refractivity (Wildman–Crippen MR) is 112 cm³/mol. The molecular weight excluding hydrogens is 388 g/mol. The molecule has 0 aromatic heterocycles. The molecule has 0 fully saturated rings. The summed E-state index contributed by atoms with van der Waals surface area (Å²) in [7, 11) is 0. The van der Waals surface area contributed by atoms with E-state index in [4.69, 9.17) is 38.3 Å². The molecule has 3 atom stereocenters. The Kier molecular flexibility index (Phi) is 22.7. The molecule has 0 aromatic carbocycles. The highest BCUT2D eigenvalue weighted by Gasteiger charge is 2.12. The Hall–Kier alpha value is -1.40. The molecule has 0 unspecified atom stereocenters. The zero-order valence-corrected chi connectivity index (χ0v) is 17.9. The van der Waals surface area contributed by atoms with Crippen LogP contribution in [0.25, 0.3) is 0 Å². The highest BCUT2D eigenvalue weighted by Crippen LogP contribution is 2.01. The van der Waals surface area contributed by atoms with E-state index in [1.165, 1.54) is 0 Å². The van der Waals surface area contributed by atoms with Crippen molar-refractivity contribution in [1.29, 1.82) is 0 Å². The summed E-state index contributed by atoms with van der Waals surface area (Å²) in [6.45, 7) is 4.50. The minimum absolute atomic E-state index is 0.357. The van der Waals surface area contributed by atoms with Crippen molar-refractivity contribution in [3.8, 4) is 0 Å². The van der Waals surface area contributed by atoms with Crippen molar-refractivity contribution in [1.82, 2.24) is 0 Å². The summed E-state index contributed by atoms with van der Waals surface area (Å²) >= 11 is 1.60. The van der Waals surface area contributed by atoms with Crippen molar-refractivity contribution in [3.63, 3.8) is 0 Å². The number of rotatable bonds is 12. The molecule has 28 heavy (non-hydrogen) atoms. The molecule has 0 heterocycles. The third-order valence-electron chi connectivity index (χ3n) is 3.28. The first-order chi connectivity index (χ1) is 12.9. The maximum atomic E-state index is 10.1. The van der Waals surface area contributed by atoms with E-state index < -0.39 is 36.0 Å². The molecule has 0 saturated heterocycles. The number of aliphatic carboxylic acids is 3. The molecule has 0 aliphatic heterocycles. The van der Waals surface area contributed by atoms with Crippen molar-refractivity contribution in [3.05, 3.63) is 0 Å². The third-order valence-corrected chi connectivity index (χ3v) is 3.92. The molecule has 0 rings (SSSR count).